The molecule has 0 spiro atoms. The van der Waals surface area contributed by atoms with Crippen molar-refractivity contribution in [3.63, 3.8) is 0 Å². The molecule has 2 amide bonds. The van der Waals surface area contributed by atoms with Crippen molar-refractivity contribution in [2.24, 2.45) is 7.05 Å². The van der Waals surface area contributed by atoms with Crippen LogP contribution in [0.3, 0.4) is 0 Å². The maximum absolute atomic E-state index is 11.9. The SMILES string of the molecule is Cn1cnnc1CNC(=O)COc1cccc(N2CCCC2=O)c1. The van der Waals surface area contributed by atoms with Crippen LogP contribution in [0.25, 0.3) is 0 Å². The average molecular weight is 329 g/mol. The molecule has 24 heavy (non-hydrogen) atoms. The smallest absolute Gasteiger partial charge is 0.258 e. The number of nitrogens with one attached hydrogen (secondary N) is 1. The van der Waals surface area contributed by atoms with Crippen molar-refractivity contribution in [3.05, 3.63) is 36.4 Å². The highest BCUT2D eigenvalue weighted by molar-refractivity contribution is 5.95. The minimum atomic E-state index is -0.249. The summed E-state index contributed by atoms with van der Waals surface area (Å²) in [5.41, 5.74) is 0.800. The van der Waals surface area contributed by atoms with Crippen LogP contribution in [0.1, 0.15) is 18.7 Å². The van der Waals surface area contributed by atoms with E-state index in [1.54, 1.807) is 27.9 Å². The molecule has 8 heteroatoms. The highest BCUT2D eigenvalue weighted by Gasteiger charge is 2.21. The highest BCUT2D eigenvalue weighted by atomic mass is 16.5. The molecule has 2 heterocycles. The molecule has 1 aliphatic rings. The van der Waals surface area contributed by atoms with Gasteiger partial charge in [0, 0.05) is 31.8 Å². The number of nitrogens with zero attached hydrogens (tertiary/aromatic N) is 4. The molecule has 1 aromatic heterocycles. The van der Waals surface area contributed by atoms with Crippen molar-refractivity contribution in [1.29, 1.82) is 0 Å². The fraction of sp³-hybridized carbons (Fsp3) is 0.375. The lowest BCUT2D eigenvalue weighted by Crippen LogP contribution is -2.29. The Morgan fingerprint density at radius 1 is 1.42 bits per heavy atom. The van der Waals surface area contributed by atoms with Crippen LogP contribution in [0.2, 0.25) is 0 Å². The van der Waals surface area contributed by atoms with Gasteiger partial charge in [-0.15, -0.1) is 10.2 Å². The fourth-order valence-electron chi connectivity index (χ4n) is 2.51. The largest absolute Gasteiger partial charge is 0.484 e. The van der Waals surface area contributed by atoms with Crippen LogP contribution in [0.5, 0.6) is 5.75 Å². The first kappa shape index (κ1) is 16.0. The van der Waals surface area contributed by atoms with E-state index >= 15 is 0 Å². The Morgan fingerprint density at radius 2 is 2.29 bits per heavy atom. The van der Waals surface area contributed by atoms with Crippen molar-refractivity contribution in [2.45, 2.75) is 19.4 Å². The van der Waals surface area contributed by atoms with Crippen molar-refractivity contribution in [3.8, 4) is 5.75 Å². The first-order chi connectivity index (χ1) is 11.6. The van der Waals surface area contributed by atoms with Crippen LogP contribution >= 0.6 is 0 Å². The predicted octanol–water partition coefficient (Wildman–Crippen LogP) is 0.637. The molecule has 1 aromatic carbocycles. The molecule has 1 saturated heterocycles. The standard InChI is InChI=1S/C16H19N5O3/c1-20-11-18-19-14(20)9-17-15(22)10-24-13-5-2-4-12(8-13)21-7-3-6-16(21)23/h2,4-5,8,11H,3,6-7,9-10H2,1H3,(H,17,22). The second-order valence-electron chi connectivity index (χ2n) is 5.57. The summed E-state index contributed by atoms with van der Waals surface area (Å²) in [6.45, 7) is 0.913. The van der Waals surface area contributed by atoms with E-state index in [4.69, 9.17) is 4.74 Å². The number of carbonyl (C=O) groups is 2. The Morgan fingerprint density at radius 3 is 3.00 bits per heavy atom. The van der Waals surface area contributed by atoms with Crippen molar-refractivity contribution in [2.75, 3.05) is 18.1 Å². The molecular weight excluding hydrogens is 310 g/mol. The molecule has 0 saturated carbocycles. The normalized spacial score (nSPS) is 14.0. The molecule has 0 atom stereocenters. The van der Waals surface area contributed by atoms with Crippen molar-refractivity contribution < 1.29 is 14.3 Å². The summed E-state index contributed by atoms with van der Waals surface area (Å²) in [7, 11) is 1.81. The van der Waals surface area contributed by atoms with Crippen LogP contribution < -0.4 is 15.0 Å². The van der Waals surface area contributed by atoms with Crippen LogP contribution in [-0.4, -0.2) is 39.7 Å². The lowest BCUT2D eigenvalue weighted by Gasteiger charge is -2.16. The zero-order valence-electron chi connectivity index (χ0n) is 13.4. The highest BCUT2D eigenvalue weighted by Crippen LogP contribution is 2.25. The Kier molecular flexibility index (Phi) is 4.74. The second-order valence-corrected chi connectivity index (χ2v) is 5.57. The van der Waals surface area contributed by atoms with Gasteiger partial charge in [-0.25, -0.2) is 0 Å². The van der Waals surface area contributed by atoms with E-state index in [0.717, 1.165) is 18.7 Å². The number of anilines is 1. The molecule has 8 nitrogen and oxygen atoms in total. The molecule has 1 N–H and O–H groups in total. The third-order valence-electron chi connectivity index (χ3n) is 3.82. The van der Waals surface area contributed by atoms with Crippen molar-refractivity contribution >= 4 is 17.5 Å². The number of benzene rings is 1. The second kappa shape index (κ2) is 7.12. The zero-order chi connectivity index (χ0) is 16.9. The Labute approximate surface area is 139 Å². The molecular formula is C16H19N5O3. The minimum absolute atomic E-state index is 0.102. The molecule has 0 unspecified atom stereocenters. The van der Waals surface area contributed by atoms with E-state index in [0.29, 0.717) is 24.5 Å². The third-order valence-corrected chi connectivity index (χ3v) is 3.82. The maximum atomic E-state index is 11.9. The van der Waals surface area contributed by atoms with Gasteiger partial charge in [-0.05, 0) is 18.6 Å². The number of carbonyl (C=O) groups excluding carboxylic acids is 2. The van der Waals surface area contributed by atoms with Gasteiger partial charge >= 0.3 is 0 Å². The summed E-state index contributed by atoms with van der Waals surface area (Å²) < 4.78 is 7.24. The van der Waals surface area contributed by atoms with Crippen LogP contribution in [0, 0.1) is 0 Å². The van der Waals surface area contributed by atoms with Gasteiger partial charge in [0.1, 0.15) is 12.1 Å². The number of aromatic nitrogens is 3. The topological polar surface area (TPSA) is 89.3 Å². The number of hydrogen-bond acceptors (Lipinski definition) is 5. The van der Waals surface area contributed by atoms with Gasteiger partial charge in [0.2, 0.25) is 5.91 Å². The maximum Gasteiger partial charge on any atom is 0.258 e. The van der Waals surface area contributed by atoms with E-state index in [1.807, 2.05) is 19.2 Å². The molecule has 126 valence electrons. The lowest BCUT2D eigenvalue weighted by atomic mass is 10.3. The third kappa shape index (κ3) is 3.70. The summed E-state index contributed by atoms with van der Waals surface area (Å²) in [5.74, 6) is 1.09. The molecule has 2 aromatic rings. The van der Waals surface area contributed by atoms with Gasteiger partial charge in [0.05, 0.1) is 6.54 Å². The Hall–Kier alpha value is -2.90. The van der Waals surface area contributed by atoms with E-state index in [-0.39, 0.29) is 18.4 Å². The van der Waals surface area contributed by atoms with Gasteiger partial charge in [0.15, 0.2) is 12.4 Å². The summed E-state index contributed by atoms with van der Waals surface area (Å²) in [6.07, 6.45) is 3.02. The predicted molar refractivity (Wildman–Crippen MR) is 86.4 cm³/mol. The Bertz CT molecular complexity index is 743. The number of rotatable bonds is 6. The van der Waals surface area contributed by atoms with Crippen LogP contribution in [0.15, 0.2) is 30.6 Å². The van der Waals surface area contributed by atoms with E-state index in [9.17, 15) is 9.59 Å². The minimum Gasteiger partial charge on any atom is -0.484 e. The van der Waals surface area contributed by atoms with E-state index in [1.165, 1.54) is 0 Å². The van der Waals surface area contributed by atoms with Gasteiger partial charge in [0.25, 0.3) is 5.91 Å². The number of aryl methyl sites for hydroxylation is 1. The zero-order valence-corrected chi connectivity index (χ0v) is 13.4. The Balaban J connectivity index is 1.52. The first-order valence-electron chi connectivity index (χ1n) is 7.76. The van der Waals surface area contributed by atoms with Crippen LogP contribution in [-0.2, 0) is 23.2 Å². The molecule has 0 aliphatic carbocycles. The van der Waals surface area contributed by atoms with Crippen molar-refractivity contribution in [1.82, 2.24) is 20.1 Å². The quantitative estimate of drug-likeness (QED) is 0.840. The molecule has 3 rings (SSSR count). The summed E-state index contributed by atoms with van der Waals surface area (Å²) in [4.78, 5) is 25.4. The number of ether oxygens (including phenoxy) is 1. The summed E-state index contributed by atoms with van der Waals surface area (Å²) >= 11 is 0. The van der Waals surface area contributed by atoms with E-state index in [2.05, 4.69) is 15.5 Å². The lowest BCUT2D eigenvalue weighted by molar-refractivity contribution is -0.123. The summed E-state index contributed by atoms with van der Waals surface area (Å²) in [6, 6.07) is 7.22. The first-order valence-corrected chi connectivity index (χ1v) is 7.76. The van der Waals surface area contributed by atoms with Gasteiger partial charge in [-0.2, -0.15) is 0 Å². The molecule has 0 bridgehead atoms. The van der Waals surface area contributed by atoms with Gasteiger partial charge < -0.3 is 19.5 Å². The number of hydrogen-bond donors (Lipinski definition) is 1. The van der Waals surface area contributed by atoms with Gasteiger partial charge in [-0.3, -0.25) is 9.59 Å². The van der Waals surface area contributed by atoms with Gasteiger partial charge in [-0.1, -0.05) is 6.07 Å². The number of amides is 2. The molecule has 0 radical (unpaired) electrons. The molecule has 1 fully saturated rings. The van der Waals surface area contributed by atoms with Crippen LogP contribution in [0.4, 0.5) is 5.69 Å². The monoisotopic (exact) mass is 329 g/mol. The summed E-state index contributed by atoms with van der Waals surface area (Å²) in [5, 5.41) is 10.4. The molecule has 1 aliphatic heterocycles. The fourth-order valence-corrected chi connectivity index (χ4v) is 2.51. The van der Waals surface area contributed by atoms with E-state index < -0.39 is 0 Å². The average Bonchev–Trinajstić information content (AvgIpc) is 3.19.